The van der Waals surface area contributed by atoms with Gasteiger partial charge in [-0.05, 0) is 47.7 Å². The van der Waals surface area contributed by atoms with Gasteiger partial charge in [-0.1, -0.05) is 72.8 Å². The molecule has 1 saturated heterocycles. The third-order valence-corrected chi connectivity index (χ3v) is 7.34. The minimum Gasteiger partial charge on any atom is -0.476 e. The van der Waals surface area contributed by atoms with Crippen LogP contribution in [0.25, 0.3) is 10.8 Å². The third kappa shape index (κ3) is 4.95. The Bertz CT molecular complexity index is 1360. The molecule has 4 aromatic rings. The first-order valence-corrected chi connectivity index (χ1v) is 12.4. The Kier molecular flexibility index (Phi) is 6.96. The molecule has 0 radical (unpaired) electrons. The first-order chi connectivity index (χ1) is 17.5. The number of nitrogens with zero attached hydrogens (tertiary/aromatic N) is 2. The Hall–Kier alpha value is -3.77. The molecular formula is C30H30FN3O2. The summed E-state index contributed by atoms with van der Waals surface area (Å²) in [7, 11) is 0. The number of carbonyl (C=O) groups is 1. The van der Waals surface area contributed by atoms with Crippen molar-refractivity contribution in [3.63, 3.8) is 0 Å². The van der Waals surface area contributed by atoms with Crippen LogP contribution in [0.15, 0.2) is 85.1 Å². The molecule has 0 aliphatic carbocycles. The van der Waals surface area contributed by atoms with E-state index in [2.05, 4.69) is 71.8 Å². The molecule has 2 N–H and O–H groups in total. The number of pyridine rings is 1. The number of piperidine rings is 1. The van der Waals surface area contributed by atoms with Crippen molar-refractivity contribution in [3.8, 4) is 0 Å². The second-order valence-corrected chi connectivity index (χ2v) is 9.54. The van der Waals surface area contributed by atoms with Gasteiger partial charge >= 0.3 is 5.97 Å². The number of rotatable bonds is 7. The molecule has 1 aromatic heterocycles. The van der Waals surface area contributed by atoms with Crippen LogP contribution in [0, 0.1) is 11.7 Å². The van der Waals surface area contributed by atoms with Crippen LogP contribution < -0.4 is 10.2 Å². The second kappa shape index (κ2) is 10.5. The first-order valence-electron chi connectivity index (χ1n) is 12.4. The highest BCUT2D eigenvalue weighted by Crippen LogP contribution is 2.36. The predicted octanol–water partition coefficient (Wildman–Crippen LogP) is 6.03. The van der Waals surface area contributed by atoms with Crippen molar-refractivity contribution in [2.45, 2.75) is 25.3 Å². The molecule has 184 valence electrons. The summed E-state index contributed by atoms with van der Waals surface area (Å²) >= 11 is 0. The number of hydrogen-bond donors (Lipinski definition) is 2. The number of halogens is 1. The molecule has 0 saturated carbocycles. The van der Waals surface area contributed by atoms with Gasteiger partial charge in [0, 0.05) is 31.1 Å². The molecule has 3 aromatic carbocycles. The lowest BCUT2D eigenvalue weighted by Gasteiger charge is -2.41. The number of carboxylic acids is 1. The van der Waals surface area contributed by atoms with Crippen molar-refractivity contribution >= 4 is 22.4 Å². The lowest BCUT2D eigenvalue weighted by Crippen LogP contribution is -2.43. The average molecular weight is 484 g/mol. The average Bonchev–Trinajstić information content (AvgIpc) is 2.91. The van der Waals surface area contributed by atoms with Gasteiger partial charge in [-0.3, -0.25) is 0 Å². The third-order valence-electron chi connectivity index (χ3n) is 7.34. The molecule has 1 aliphatic heterocycles. The van der Waals surface area contributed by atoms with Gasteiger partial charge in [0.25, 0.3) is 0 Å². The van der Waals surface area contributed by atoms with Crippen molar-refractivity contribution < 1.29 is 14.3 Å². The zero-order valence-electron chi connectivity index (χ0n) is 20.3. The highest BCUT2D eigenvalue weighted by molar-refractivity contribution is 5.92. The molecule has 5 nitrogen and oxygen atoms in total. The molecular weight excluding hydrogens is 453 g/mol. The Morgan fingerprint density at radius 3 is 2.67 bits per heavy atom. The molecule has 6 heteroatoms. The van der Waals surface area contributed by atoms with Crippen LogP contribution in [-0.4, -0.2) is 35.7 Å². The largest absolute Gasteiger partial charge is 0.476 e. The zero-order chi connectivity index (χ0) is 25.1. The second-order valence-electron chi connectivity index (χ2n) is 9.54. The fourth-order valence-corrected chi connectivity index (χ4v) is 5.44. The van der Waals surface area contributed by atoms with E-state index in [1.54, 1.807) is 0 Å². The molecule has 1 fully saturated rings. The van der Waals surface area contributed by atoms with Crippen molar-refractivity contribution in [1.29, 1.82) is 0 Å². The number of aromatic carboxylic acids is 1. The van der Waals surface area contributed by atoms with Crippen LogP contribution in [0.2, 0.25) is 0 Å². The minimum absolute atomic E-state index is 0.107. The number of fused-ring (bicyclic) bond motifs is 1. The highest BCUT2D eigenvalue weighted by Gasteiger charge is 2.32. The fourth-order valence-electron chi connectivity index (χ4n) is 5.44. The maximum absolute atomic E-state index is 14.1. The Balaban J connectivity index is 1.38. The summed E-state index contributed by atoms with van der Waals surface area (Å²) in [5.74, 6) is -1.17. The van der Waals surface area contributed by atoms with E-state index in [1.807, 2.05) is 23.1 Å². The standard InChI is InChI=1S/C30H30FN3O2/c1-20(25-13-7-11-21-10-5-6-12-26(21)25)32-17-23-14-15-34(19-27(23)22-8-3-2-4-9-22)28-16-24(31)18-33-29(28)30(35)36/h2-13,16,18,20,23,27,32H,14-15,17,19H2,1H3,(H,35,36)/t20-,23?,27?/m1/s1. The lowest BCUT2D eigenvalue weighted by molar-refractivity contribution is 0.0691. The number of benzene rings is 3. The number of aromatic nitrogens is 1. The summed E-state index contributed by atoms with van der Waals surface area (Å²) in [6.45, 7) is 4.27. The minimum atomic E-state index is -1.14. The SMILES string of the molecule is C[C@@H](NCC1CCN(c2cc(F)cnc2C(=O)O)CC1c1ccccc1)c1cccc2ccccc12. The molecule has 3 atom stereocenters. The van der Waals surface area contributed by atoms with Gasteiger partial charge < -0.3 is 15.3 Å². The van der Waals surface area contributed by atoms with Crippen molar-refractivity contribution in [1.82, 2.24) is 10.3 Å². The number of nitrogens with one attached hydrogen (secondary N) is 1. The molecule has 2 heterocycles. The Morgan fingerprint density at radius 2 is 1.86 bits per heavy atom. The van der Waals surface area contributed by atoms with Crippen LogP contribution in [0.1, 0.15) is 46.9 Å². The molecule has 0 bridgehead atoms. The highest BCUT2D eigenvalue weighted by atomic mass is 19.1. The summed E-state index contributed by atoms with van der Waals surface area (Å²) < 4.78 is 14.1. The van der Waals surface area contributed by atoms with E-state index in [4.69, 9.17) is 0 Å². The summed E-state index contributed by atoms with van der Waals surface area (Å²) in [4.78, 5) is 17.6. The fraction of sp³-hybridized carbons (Fsp3) is 0.267. The monoisotopic (exact) mass is 483 g/mol. The van der Waals surface area contributed by atoms with Gasteiger partial charge in [0.1, 0.15) is 5.82 Å². The maximum atomic E-state index is 14.1. The van der Waals surface area contributed by atoms with Crippen LogP contribution in [0.3, 0.4) is 0 Å². The number of anilines is 1. The van der Waals surface area contributed by atoms with E-state index in [-0.39, 0.29) is 17.7 Å². The van der Waals surface area contributed by atoms with Gasteiger partial charge in [0.15, 0.2) is 5.69 Å². The molecule has 0 spiro atoms. The number of hydrogen-bond acceptors (Lipinski definition) is 4. The lowest BCUT2D eigenvalue weighted by atomic mass is 9.80. The predicted molar refractivity (Wildman–Crippen MR) is 141 cm³/mol. The Labute approximate surface area is 210 Å². The van der Waals surface area contributed by atoms with Gasteiger partial charge in [-0.25, -0.2) is 14.2 Å². The zero-order valence-corrected chi connectivity index (χ0v) is 20.3. The van der Waals surface area contributed by atoms with Crippen LogP contribution >= 0.6 is 0 Å². The van der Waals surface area contributed by atoms with Gasteiger partial charge in [-0.15, -0.1) is 0 Å². The Morgan fingerprint density at radius 1 is 1.11 bits per heavy atom. The van der Waals surface area contributed by atoms with E-state index in [0.29, 0.717) is 24.7 Å². The van der Waals surface area contributed by atoms with Crippen LogP contribution in [0.4, 0.5) is 10.1 Å². The molecule has 36 heavy (non-hydrogen) atoms. The summed E-state index contributed by atoms with van der Waals surface area (Å²) in [6.07, 6.45) is 1.82. The molecule has 1 aliphatic rings. The summed E-state index contributed by atoms with van der Waals surface area (Å²) in [5.41, 5.74) is 2.72. The van der Waals surface area contributed by atoms with Crippen LogP contribution in [-0.2, 0) is 0 Å². The van der Waals surface area contributed by atoms with Crippen LogP contribution in [0.5, 0.6) is 0 Å². The van der Waals surface area contributed by atoms with E-state index in [0.717, 1.165) is 19.2 Å². The van der Waals surface area contributed by atoms with E-state index < -0.39 is 11.8 Å². The summed E-state index contributed by atoms with van der Waals surface area (Å²) in [6, 6.07) is 26.6. The topological polar surface area (TPSA) is 65.5 Å². The molecule has 5 rings (SSSR count). The molecule has 0 amide bonds. The summed E-state index contributed by atoms with van der Waals surface area (Å²) in [5, 5.41) is 15.9. The quantitative estimate of drug-likeness (QED) is 0.336. The molecule has 2 unspecified atom stereocenters. The van der Waals surface area contributed by atoms with Crippen molar-refractivity contribution in [3.05, 3.63) is 108 Å². The van der Waals surface area contributed by atoms with Gasteiger partial charge in [-0.2, -0.15) is 0 Å². The normalized spacial score (nSPS) is 18.8. The number of carboxylic acid groups (broad SMARTS) is 1. The van der Waals surface area contributed by atoms with E-state index in [9.17, 15) is 14.3 Å². The van der Waals surface area contributed by atoms with E-state index >= 15 is 0 Å². The maximum Gasteiger partial charge on any atom is 0.356 e. The van der Waals surface area contributed by atoms with Gasteiger partial charge in [0.2, 0.25) is 0 Å². The first kappa shape index (κ1) is 23.9. The van der Waals surface area contributed by atoms with Gasteiger partial charge in [0.05, 0.1) is 11.9 Å². The van der Waals surface area contributed by atoms with Crippen molar-refractivity contribution in [2.75, 3.05) is 24.5 Å². The van der Waals surface area contributed by atoms with Crippen molar-refractivity contribution in [2.24, 2.45) is 5.92 Å². The smallest absolute Gasteiger partial charge is 0.356 e. The van der Waals surface area contributed by atoms with E-state index in [1.165, 1.54) is 28.0 Å².